The molecule has 1 aliphatic heterocycles. The first-order valence-electron chi connectivity index (χ1n) is 7.42. The van der Waals surface area contributed by atoms with E-state index >= 15 is 0 Å². The minimum Gasteiger partial charge on any atom is -0.377 e. The molecule has 0 radical (unpaired) electrons. The van der Waals surface area contributed by atoms with Gasteiger partial charge >= 0.3 is 0 Å². The molecule has 2 atom stereocenters. The highest BCUT2D eigenvalue weighted by Crippen LogP contribution is 2.23. The van der Waals surface area contributed by atoms with Gasteiger partial charge in [-0.3, -0.25) is 0 Å². The molecule has 0 spiro atoms. The summed E-state index contributed by atoms with van der Waals surface area (Å²) in [7, 11) is 0. The lowest BCUT2D eigenvalue weighted by atomic mass is 10.1. The zero-order valence-electron chi connectivity index (χ0n) is 12.7. The van der Waals surface area contributed by atoms with Gasteiger partial charge in [0.2, 0.25) is 0 Å². The van der Waals surface area contributed by atoms with Crippen LogP contribution in [0, 0.1) is 0 Å². The van der Waals surface area contributed by atoms with Crippen molar-refractivity contribution in [3.8, 4) is 0 Å². The quantitative estimate of drug-likeness (QED) is 0.906. The Morgan fingerprint density at radius 1 is 1.32 bits per heavy atom. The number of ether oxygens (including phenoxy) is 1. The van der Waals surface area contributed by atoms with Gasteiger partial charge in [0.05, 0.1) is 6.10 Å². The van der Waals surface area contributed by atoms with E-state index in [0.717, 1.165) is 26.1 Å². The summed E-state index contributed by atoms with van der Waals surface area (Å²) >= 11 is 0. The normalized spacial score (nSPS) is 19.8. The van der Waals surface area contributed by atoms with E-state index in [1.807, 2.05) is 20.8 Å². The summed E-state index contributed by atoms with van der Waals surface area (Å²) in [4.78, 5) is 2.38. The van der Waals surface area contributed by atoms with Crippen LogP contribution in [0.5, 0.6) is 0 Å². The van der Waals surface area contributed by atoms with Crippen LogP contribution < -0.4 is 10.6 Å². The monoisotopic (exact) mass is 264 g/mol. The molecule has 1 heterocycles. The van der Waals surface area contributed by atoms with Gasteiger partial charge in [0.1, 0.15) is 0 Å². The summed E-state index contributed by atoms with van der Waals surface area (Å²) in [6.45, 7) is 11.0. The second kappa shape index (κ2) is 8.18. The maximum Gasteiger partial charge on any atom is 0.0766 e. The Morgan fingerprint density at radius 2 is 1.95 bits per heavy atom. The van der Waals surface area contributed by atoms with Gasteiger partial charge in [-0.25, -0.2) is 0 Å². The highest BCUT2D eigenvalue weighted by atomic mass is 16.5. The Hall–Kier alpha value is -1.06. The van der Waals surface area contributed by atoms with E-state index < -0.39 is 0 Å². The smallest absolute Gasteiger partial charge is 0.0766 e. The molecular weight excluding hydrogens is 236 g/mol. The number of nitrogens with zero attached hydrogens (tertiary/aromatic N) is 1. The predicted octanol–water partition coefficient (Wildman–Crippen LogP) is 3.35. The molecule has 1 aromatic carbocycles. The Morgan fingerprint density at radius 3 is 2.47 bits per heavy atom. The van der Waals surface area contributed by atoms with Crippen molar-refractivity contribution in [2.45, 2.75) is 46.3 Å². The van der Waals surface area contributed by atoms with E-state index in [2.05, 4.69) is 36.1 Å². The first-order chi connectivity index (χ1) is 9.20. The summed E-state index contributed by atoms with van der Waals surface area (Å²) in [5.41, 5.74) is 8.31. The number of benzene rings is 1. The summed E-state index contributed by atoms with van der Waals surface area (Å²) in [6, 6.07) is 8.67. The average Bonchev–Trinajstić information content (AvgIpc) is 2.90. The molecule has 19 heavy (non-hydrogen) atoms. The first kappa shape index (κ1) is 16.0. The Labute approximate surface area is 117 Å². The summed E-state index contributed by atoms with van der Waals surface area (Å²) < 4.78 is 5.65. The van der Waals surface area contributed by atoms with Gasteiger partial charge in [-0.15, -0.1) is 0 Å². The van der Waals surface area contributed by atoms with Crippen molar-refractivity contribution in [1.82, 2.24) is 0 Å². The van der Waals surface area contributed by atoms with Crippen LogP contribution in [0.3, 0.4) is 0 Å². The lowest BCUT2D eigenvalue weighted by Gasteiger charge is -2.19. The second-order valence-electron chi connectivity index (χ2n) is 4.69. The fourth-order valence-corrected chi connectivity index (χ4v) is 2.32. The molecular formula is C16H28N2O. The Kier molecular flexibility index (Phi) is 6.89. The van der Waals surface area contributed by atoms with Gasteiger partial charge < -0.3 is 15.4 Å². The van der Waals surface area contributed by atoms with Crippen LogP contribution in [0.4, 0.5) is 5.69 Å². The van der Waals surface area contributed by atoms with Gasteiger partial charge in [0, 0.05) is 31.4 Å². The largest absolute Gasteiger partial charge is 0.377 e. The molecule has 1 fully saturated rings. The third-order valence-electron chi connectivity index (χ3n) is 3.33. The summed E-state index contributed by atoms with van der Waals surface area (Å²) in [5, 5.41) is 0. The predicted molar refractivity (Wildman–Crippen MR) is 82.6 cm³/mol. The molecule has 2 rings (SSSR count). The number of anilines is 1. The third-order valence-corrected chi connectivity index (χ3v) is 3.33. The Balaban J connectivity index is 0.000000861. The van der Waals surface area contributed by atoms with Crippen LogP contribution in [0.1, 0.15) is 45.7 Å². The highest BCUT2D eigenvalue weighted by molar-refractivity contribution is 5.49. The SMILES string of the molecule is CC.CCOC1CCN(c2ccc(C(C)N)cc2)C1. The van der Waals surface area contributed by atoms with Crippen molar-refractivity contribution in [1.29, 1.82) is 0 Å². The molecule has 3 heteroatoms. The average molecular weight is 264 g/mol. The molecule has 1 saturated heterocycles. The fraction of sp³-hybridized carbons (Fsp3) is 0.625. The van der Waals surface area contributed by atoms with Crippen molar-refractivity contribution in [3.63, 3.8) is 0 Å². The van der Waals surface area contributed by atoms with Gasteiger partial charge in [-0.1, -0.05) is 26.0 Å². The lowest BCUT2D eigenvalue weighted by molar-refractivity contribution is 0.0787. The molecule has 1 aliphatic rings. The topological polar surface area (TPSA) is 38.5 Å². The Bertz CT molecular complexity index is 348. The minimum absolute atomic E-state index is 0.110. The number of hydrogen-bond acceptors (Lipinski definition) is 3. The van der Waals surface area contributed by atoms with Crippen molar-refractivity contribution in [2.24, 2.45) is 5.73 Å². The van der Waals surface area contributed by atoms with Crippen molar-refractivity contribution >= 4 is 5.69 Å². The number of hydrogen-bond donors (Lipinski definition) is 1. The maximum atomic E-state index is 5.85. The van der Waals surface area contributed by atoms with Crippen molar-refractivity contribution < 1.29 is 4.74 Å². The van der Waals surface area contributed by atoms with E-state index in [9.17, 15) is 0 Å². The first-order valence-corrected chi connectivity index (χ1v) is 7.42. The molecule has 1 aromatic rings. The molecule has 0 aromatic heterocycles. The highest BCUT2D eigenvalue weighted by Gasteiger charge is 2.22. The minimum atomic E-state index is 0.110. The molecule has 0 amide bonds. The number of rotatable bonds is 4. The molecule has 108 valence electrons. The fourth-order valence-electron chi connectivity index (χ4n) is 2.32. The van der Waals surface area contributed by atoms with Crippen LogP contribution in [-0.4, -0.2) is 25.8 Å². The van der Waals surface area contributed by atoms with Crippen LogP contribution in [-0.2, 0) is 4.74 Å². The summed E-state index contributed by atoms with van der Waals surface area (Å²) in [5.74, 6) is 0. The van der Waals surface area contributed by atoms with E-state index in [0.29, 0.717) is 6.10 Å². The van der Waals surface area contributed by atoms with Crippen LogP contribution in [0.2, 0.25) is 0 Å². The van der Waals surface area contributed by atoms with E-state index in [-0.39, 0.29) is 6.04 Å². The zero-order valence-corrected chi connectivity index (χ0v) is 12.7. The maximum absolute atomic E-state index is 5.85. The van der Waals surface area contributed by atoms with Crippen molar-refractivity contribution in [2.75, 3.05) is 24.6 Å². The van der Waals surface area contributed by atoms with Gasteiger partial charge in [0.15, 0.2) is 0 Å². The standard InChI is InChI=1S/C14H22N2O.C2H6/c1-3-17-14-8-9-16(10-14)13-6-4-12(5-7-13)11(2)15;1-2/h4-7,11,14H,3,8-10,15H2,1-2H3;1-2H3. The van der Waals surface area contributed by atoms with Crippen LogP contribution in [0.15, 0.2) is 24.3 Å². The van der Waals surface area contributed by atoms with Gasteiger partial charge in [-0.05, 0) is 38.0 Å². The van der Waals surface area contributed by atoms with E-state index in [1.54, 1.807) is 0 Å². The summed E-state index contributed by atoms with van der Waals surface area (Å²) in [6.07, 6.45) is 1.52. The molecule has 0 bridgehead atoms. The zero-order chi connectivity index (χ0) is 14.3. The van der Waals surface area contributed by atoms with Gasteiger partial charge in [0.25, 0.3) is 0 Å². The lowest BCUT2D eigenvalue weighted by Crippen LogP contribution is -2.22. The van der Waals surface area contributed by atoms with E-state index in [4.69, 9.17) is 10.5 Å². The van der Waals surface area contributed by atoms with Gasteiger partial charge in [-0.2, -0.15) is 0 Å². The third kappa shape index (κ3) is 4.51. The second-order valence-corrected chi connectivity index (χ2v) is 4.69. The molecule has 0 aliphatic carbocycles. The molecule has 2 N–H and O–H groups in total. The van der Waals surface area contributed by atoms with Crippen LogP contribution >= 0.6 is 0 Å². The number of nitrogens with two attached hydrogens (primary N) is 1. The molecule has 3 nitrogen and oxygen atoms in total. The van der Waals surface area contributed by atoms with Crippen LogP contribution in [0.25, 0.3) is 0 Å². The van der Waals surface area contributed by atoms with Crippen molar-refractivity contribution in [3.05, 3.63) is 29.8 Å². The van der Waals surface area contributed by atoms with E-state index in [1.165, 1.54) is 11.3 Å². The molecule has 0 saturated carbocycles. The molecule has 2 unspecified atom stereocenters.